The first-order valence-corrected chi connectivity index (χ1v) is 13.2. The zero-order valence-electron chi connectivity index (χ0n) is 19.8. The summed E-state index contributed by atoms with van der Waals surface area (Å²) in [5.74, 6) is 0.223. The number of nitrogens with one attached hydrogen (secondary N) is 1. The molecular formula is C28H31BrN2O4. The maximum atomic E-state index is 13.4. The average Bonchev–Trinajstić information content (AvgIpc) is 3.20. The number of carbonyl (C=O) groups excluding carboxylic acids is 1. The predicted octanol–water partition coefficient (Wildman–Crippen LogP) is 3.78. The van der Waals surface area contributed by atoms with Crippen molar-refractivity contribution >= 4 is 21.8 Å². The molecule has 7 heteroatoms. The lowest BCUT2D eigenvalue weighted by atomic mass is 9.48. The van der Waals surface area contributed by atoms with Crippen molar-refractivity contribution in [2.45, 2.75) is 67.7 Å². The van der Waals surface area contributed by atoms with Crippen LogP contribution in [0.5, 0.6) is 11.5 Å². The number of phenols is 1. The fraction of sp³-hybridized carbons (Fsp3) is 0.464. The SMILES string of the molecule is C=CCN1CC[C@]23c4c5ccc(O)c4OC2C(NC(=O)C(C)c2ccc(Br)cc2)CC[C@@]3(O)[C@H]1C5. The number of amides is 1. The Morgan fingerprint density at radius 3 is 2.83 bits per heavy atom. The largest absolute Gasteiger partial charge is 0.504 e. The minimum Gasteiger partial charge on any atom is -0.504 e. The molecule has 2 aromatic carbocycles. The Bertz CT molecular complexity index is 1200. The molecule has 2 heterocycles. The second-order valence-electron chi connectivity index (χ2n) is 10.6. The highest BCUT2D eigenvalue weighted by atomic mass is 79.9. The number of piperidine rings is 1. The van der Waals surface area contributed by atoms with Gasteiger partial charge in [-0.3, -0.25) is 9.69 Å². The molecule has 184 valence electrons. The number of benzene rings is 2. The average molecular weight is 539 g/mol. The smallest absolute Gasteiger partial charge is 0.227 e. The molecule has 2 bridgehead atoms. The van der Waals surface area contributed by atoms with Crippen LogP contribution in [0.4, 0.5) is 0 Å². The monoisotopic (exact) mass is 538 g/mol. The van der Waals surface area contributed by atoms with E-state index in [1.807, 2.05) is 43.3 Å². The van der Waals surface area contributed by atoms with E-state index >= 15 is 0 Å². The lowest BCUT2D eigenvalue weighted by molar-refractivity contribution is -0.190. The third-order valence-electron chi connectivity index (χ3n) is 9.03. The zero-order chi connectivity index (χ0) is 24.5. The molecule has 1 saturated carbocycles. The Balaban J connectivity index is 1.37. The molecular weight excluding hydrogens is 508 g/mol. The number of hydrogen-bond donors (Lipinski definition) is 3. The van der Waals surface area contributed by atoms with Crippen LogP contribution < -0.4 is 10.1 Å². The van der Waals surface area contributed by atoms with Crippen LogP contribution in [0.1, 0.15) is 48.8 Å². The molecule has 4 aliphatic rings. The Morgan fingerprint density at radius 1 is 1.31 bits per heavy atom. The van der Waals surface area contributed by atoms with E-state index in [1.165, 1.54) is 0 Å². The summed E-state index contributed by atoms with van der Waals surface area (Å²) in [6, 6.07) is 11.2. The van der Waals surface area contributed by atoms with Gasteiger partial charge in [-0.15, -0.1) is 6.58 Å². The van der Waals surface area contributed by atoms with Crippen LogP contribution in [0.15, 0.2) is 53.5 Å². The number of phenolic OH excluding ortho intramolecular Hbond substituents is 1. The normalized spacial score (nSPS) is 33.4. The van der Waals surface area contributed by atoms with Gasteiger partial charge < -0.3 is 20.3 Å². The summed E-state index contributed by atoms with van der Waals surface area (Å²) in [7, 11) is 0. The van der Waals surface area contributed by atoms with Gasteiger partial charge in [0, 0.05) is 22.6 Å². The predicted molar refractivity (Wildman–Crippen MR) is 137 cm³/mol. The van der Waals surface area contributed by atoms with Crippen LogP contribution in [0.25, 0.3) is 0 Å². The summed E-state index contributed by atoms with van der Waals surface area (Å²) in [6.45, 7) is 7.37. The van der Waals surface area contributed by atoms with Gasteiger partial charge in [-0.25, -0.2) is 0 Å². The summed E-state index contributed by atoms with van der Waals surface area (Å²) in [5.41, 5.74) is 1.37. The van der Waals surface area contributed by atoms with E-state index in [-0.39, 0.29) is 29.7 Å². The molecule has 2 aliphatic carbocycles. The van der Waals surface area contributed by atoms with E-state index in [0.29, 0.717) is 31.4 Å². The molecule has 0 aromatic heterocycles. The standard InChI is InChI=1S/C28H31BrN2O4/c1-3-13-31-14-12-27-23-18-6-9-21(32)24(23)35-25(27)20(10-11-28(27,34)22(31)15-18)30-26(33)16(2)17-4-7-19(29)8-5-17/h3-9,16,20,22,25,32,34H,1,10-15H2,2H3,(H,30,33)/t16?,20?,22-,25?,27+,28-/m1/s1. The van der Waals surface area contributed by atoms with Crippen molar-refractivity contribution in [1.29, 1.82) is 0 Å². The second kappa shape index (κ2) is 8.08. The van der Waals surface area contributed by atoms with Crippen molar-refractivity contribution in [3.63, 3.8) is 0 Å². The summed E-state index contributed by atoms with van der Waals surface area (Å²) in [6.07, 6.45) is 4.07. The van der Waals surface area contributed by atoms with Gasteiger partial charge in [0.15, 0.2) is 11.5 Å². The molecule has 2 aromatic rings. The van der Waals surface area contributed by atoms with Gasteiger partial charge in [-0.2, -0.15) is 0 Å². The highest BCUT2D eigenvalue weighted by Gasteiger charge is 2.73. The van der Waals surface area contributed by atoms with E-state index in [9.17, 15) is 15.0 Å². The molecule has 0 radical (unpaired) electrons. The quantitative estimate of drug-likeness (QED) is 0.504. The number of hydrogen-bond acceptors (Lipinski definition) is 5. The van der Waals surface area contributed by atoms with Gasteiger partial charge in [-0.1, -0.05) is 40.2 Å². The number of aliphatic hydroxyl groups is 1. The highest BCUT2D eigenvalue weighted by Crippen LogP contribution is 2.65. The number of rotatable bonds is 5. The summed E-state index contributed by atoms with van der Waals surface area (Å²) in [4.78, 5) is 15.7. The van der Waals surface area contributed by atoms with Crippen molar-refractivity contribution in [3.8, 4) is 11.5 Å². The number of halogens is 1. The lowest BCUT2D eigenvalue weighted by Gasteiger charge is -2.64. The number of carbonyl (C=O) groups is 1. The van der Waals surface area contributed by atoms with Gasteiger partial charge >= 0.3 is 0 Å². The number of ether oxygens (including phenoxy) is 1. The van der Waals surface area contributed by atoms with E-state index in [4.69, 9.17) is 4.74 Å². The van der Waals surface area contributed by atoms with Crippen LogP contribution in [0, 0.1) is 0 Å². The molecule has 1 spiro atoms. The van der Waals surface area contributed by atoms with Crippen LogP contribution in [0.2, 0.25) is 0 Å². The molecule has 2 aliphatic heterocycles. The van der Waals surface area contributed by atoms with E-state index in [0.717, 1.165) is 34.3 Å². The van der Waals surface area contributed by atoms with Crippen molar-refractivity contribution in [3.05, 3.63) is 70.2 Å². The molecule has 6 rings (SSSR count). The number of likely N-dealkylation sites (tertiary alicyclic amines) is 1. The first-order valence-electron chi connectivity index (χ1n) is 12.5. The third-order valence-corrected chi connectivity index (χ3v) is 9.56. The maximum absolute atomic E-state index is 13.4. The summed E-state index contributed by atoms with van der Waals surface area (Å²) >= 11 is 3.45. The topological polar surface area (TPSA) is 82.0 Å². The summed E-state index contributed by atoms with van der Waals surface area (Å²) < 4.78 is 7.49. The lowest BCUT2D eigenvalue weighted by Crippen LogP contribution is -2.78. The number of nitrogens with zero attached hydrogens (tertiary/aromatic N) is 1. The van der Waals surface area contributed by atoms with Gasteiger partial charge in [0.1, 0.15) is 6.10 Å². The molecule has 2 fully saturated rings. The van der Waals surface area contributed by atoms with Gasteiger partial charge in [0.25, 0.3) is 0 Å². The number of aromatic hydroxyl groups is 1. The summed E-state index contributed by atoms with van der Waals surface area (Å²) in [5, 5.41) is 26.4. The Kier molecular flexibility index (Phi) is 5.33. The van der Waals surface area contributed by atoms with E-state index < -0.39 is 17.1 Å². The van der Waals surface area contributed by atoms with E-state index in [1.54, 1.807) is 6.07 Å². The van der Waals surface area contributed by atoms with E-state index in [2.05, 4.69) is 32.7 Å². The van der Waals surface area contributed by atoms with Crippen LogP contribution >= 0.6 is 15.9 Å². The van der Waals surface area contributed by atoms with Crippen molar-refractivity contribution in [2.24, 2.45) is 0 Å². The minimum absolute atomic E-state index is 0.0540. The Labute approximate surface area is 214 Å². The molecule has 1 saturated heterocycles. The second-order valence-corrected chi connectivity index (χ2v) is 11.5. The van der Waals surface area contributed by atoms with Crippen LogP contribution in [-0.2, 0) is 16.6 Å². The third kappa shape index (κ3) is 3.11. The van der Waals surface area contributed by atoms with Crippen LogP contribution in [0.3, 0.4) is 0 Å². The van der Waals surface area contributed by atoms with Crippen molar-refractivity contribution in [1.82, 2.24) is 10.2 Å². The molecule has 3 N–H and O–H groups in total. The van der Waals surface area contributed by atoms with Crippen molar-refractivity contribution in [2.75, 3.05) is 13.1 Å². The fourth-order valence-corrected chi connectivity index (χ4v) is 7.64. The van der Waals surface area contributed by atoms with Gasteiger partial charge in [0.2, 0.25) is 5.91 Å². The highest BCUT2D eigenvalue weighted by molar-refractivity contribution is 9.10. The molecule has 6 atom stereocenters. The molecule has 1 amide bonds. The van der Waals surface area contributed by atoms with Gasteiger partial charge in [-0.05, 0) is 68.5 Å². The van der Waals surface area contributed by atoms with Crippen LogP contribution in [-0.4, -0.2) is 57.9 Å². The molecule has 35 heavy (non-hydrogen) atoms. The molecule has 3 unspecified atom stereocenters. The Morgan fingerprint density at radius 2 is 2.09 bits per heavy atom. The first kappa shape index (κ1) is 23.1. The maximum Gasteiger partial charge on any atom is 0.227 e. The molecule has 6 nitrogen and oxygen atoms in total. The zero-order valence-corrected chi connectivity index (χ0v) is 21.4. The van der Waals surface area contributed by atoms with Gasteiger partial charge in [0.05, 0.1) is 23.0 Å². The Hall–Kier alpha value is -2.35. The fourth-order valence-electron chi connectivity index (χ4n) is 7.37. The minimum atomic E-state index is -0.997. The van der Waals surface area contributed by atoms with Crippen molar-refractivity contribution < 1.29 is 19.7 Å². The first-order chi connectivity index (χ1) is 16.8.